The van der Waals surface area contributed by atoms with Gasteiger partial charge in [0.25, 0.3) is 5.56 Å². The average molecular weight is 298 g/mol. The molecule has 1 rings (SSSR count). The van der Waals surface area contributed by atoms with Crippen LogP contribution in [0.2, 0.25) is 0 Å². The van der Waals surface area contributed by atoms with Gasteiger partial charge in [-0.2, -0.15) is 0 Å². The molecule has 8 heteroatoms. The number of nitrogens with one attached hydrogen (secondary N) is 1. The van der Waals surface area contributed by atoms with Gasteiger partial charge in [0.1, 0.15) is 5.82 Å². The van der Waals surface area contributed by atoms with Crippen molar-refractivity contribution in [1.29, 1.82) is 0 Å². The molecule has 1 aromatic rings. The lowest BCUT2D eigenvalue weighted by atomic mass is 10.2. The number of H-pyrrole nitrogens is 1. The molecular formula is C9H7Cl3N2O3. The number of hydrogen-bond donors (Lipinski definition) is 2. The van der Waals surface area contributed by atoms with Crippen LogP contribution in [-0.4, -0.2) is 24.8 Å². The summed E-state index contributed by atoms with van der Waals surface area (Å²) in [6.07, 6.45) is 2.37. The number of nitrogens with zero attached hydrogens (tertiary/aromatic N) is 1. The lowest BCUT2D eigenvalue weighted by Crippen LogP contribution is -2.19. The number of rotatable bonds is 2. The molecule has 0 saturated carbocycles. The van der Waals surface area contributed by atoms with Crippen molar-refractivity contribution in [3.05, 3.63) is 33.5 Å². The number of allylic oxidation sites excluding steroid dienone is 1. The predicted molar refractivity (Wildman–Crippen MR) is 65.9 cm³/mol. The van der Waals surface area contributed by atoms with Gasteiger partial charge in [-0.25, -0.2) is 9.78 Å². The van der Waals surface area contributed by atoms with E-state index in [1.807, 2.05) is 0 Å². The highest BCUT2D eigenvalue weighted by Crippen LogP contribution is 2.27. The third kappa shape index (κ3) is 4.03. The van der Waals surface area contributed by atoms with E-state index in [0.717, 1.165) is 6.08 Å². The maximum atomic E-state index is 11.4. The topological polar surface area (TPSA) is 83.0 Å². The molecule has 0 amide bonds. The van der Waals surface area contributed by atoms with E-state index in [1.54, 1.807) is 0 Å². The second-order valence-electron chi connectivity index (χ2n) is 3.10. The van der Waals surface area contributed by atoms with Crippen molar-refractivity contribution in [2.75, 3.05) is 0 Å². The molecular weight excluding hydrogens is 290 g/mol. The van der Waals surface area contributed by atoms with Gasteiger partial charge in [0, 0.05) is 5.56 Å². The van der Waals surface area contributed by atoms with Crippen LogP contribution in [0.25, 0.3) is 6.08 Å². The van der Waals surface area contributed by atoms with Gasteiger partial charge < -0.3 is 10.1 Å². The number of carbonyl (C=O) groups is 1. The highest BCUT2D eigenvalue weighted by Gasteiger charge is 2.16. The second-order valence-corrected chi connectivity index (χ2v) is 5.47. The summed E-state index contributed by atoms with van der Waals surface area (Å²) < 4.78 is -1.65. The third-order valence-corrected chi connectivity index (χ3v) is 2.18. The molecule has 2 N–H and O–H groups in total. The standard InChI is InChI=1S/C9H7Cl3N2O3/c1-4-6(8(16)17)13-5(14-7(4)15)2-3-9(10,11)12/h2-3H,1H3,(H,16,17)(H,13,14,15)/b3-2+. The number of alkyl halides is 3. The molecule has 1 aromatic heterocycles. The zero-order chi connectivity index (χ0) is 13.2. The number of hydrogen-bond acceptors (Lipinski definition) is 3. The first-order valence-electron chi connectivity index (χ1n) is 4.31. The molecule has 0 aliphatic carbocycles. The zero-order valence-corrected chi connectivity index (χ0v) is 10.8. The predicted octanol–water partition coefficient (Wildman–Crippen LogP) is 2.16. The highest BCUT2D eigenvalue weighted by molar-refractivity contribution is 6.69. The molecule has 0 bridgehead atoms. The average Bonchev–Trinajstić information content (AvgIpc) is 2.18. The SMILES string of the molecule is Cc1c(C(=O)O)nc(/C=C/C(Cl)(Cl)Cl)[nH]c1=O. The number of aromatic amines is 1. The smallest absolute Gasteiger partial charge is 0.355 e. The van der Waals surface area contributed by atoms with Crippen LogP contribution >= 0.6 is 34.8 Å². The first-order valence-corrected chi connectivity index (χ1v) is 5.44. The van der Waals surface area contributed by atoms with E-state index in [0.29, 0.717) is 0 Å². The normalized spacial score (nSPS) is 12.0. The van der Waals surface area contributed by atoms with Crippen molar-refractivity contribution >= 4 is 46.8 Å². The van der Waals surface area contributed by atoms with Crippen LogP contribution in [0.3, 0.4) is 0 Å². The Morgan fingerprint density at radius 1 is 1.47 bits per heavy atom. The van der Waals surface area contributed by atoms with Gasteiger partial charge in [-0.3, -0.25) is 4.79 Å². The molecule has 0 atom stereocenters. The van der Waals surface area contributed by atoms with Crippen LogP contribution in [0.5, 0.6) is 0 Å². The summed E-state index contributed by atoms with van der Waals surface area (Å²) in [5, 5.41) is 8.83. The Morgan fingerprint density at radius 2 is 2.06 bits per heavy atom. The van der Waals surface area contributed by atoms with Crippen LogP contribution < -0.4 is 5.56 Å². The summed E-state index contributed by atoms with van der Waals surface area (Å²) >= 11 is 16.4. The number of halogens is 3. The van der Waals surface area contributed by atoms with Crippen LogP contribution in [0.1, 0.15) is 21.9 Å². The van der Waals surface area contributed by atoms with Crippen molar-refractivity contribution in [3.8, 4) is 0 Å². The summed E-state index contributed by atoms with van der Waals surface area (Å²) in [4.78, 5) is 28.3. The lowest BCUT2D eigenvalue weighted by Gasteiger charge is -2.03. The molecule has 17 heavy (non-hydrogen) atoms. The molecule has 1 heterocycles. The molecule has 92 valence electrons. The molecule has 0 fully saturated rings. The van der Waals surface area contributed by atoms with Crippen molar-refractivity contribution in [2.45, 2.75) is 10.7 Å². The van der Waals surface area contributed by atoms with Crippen LogP contribution in [-0.2, 0) is 0 Å². The molecule has 0 aliphatic rings. The van der Waals surface area contributed by atoms with Crippen molar-refractivity contribution in [1.82, 2.24) is 9.97 Å². The van der Waals surface area contributed by atoms with Crippen LogP contribution in [0.15, 0.2) is 10.9 Å². The number of aromatic nitrogens is 2. The van der Waals surface area contributed by atoms with Crippen molar-refractivity contribution in [3.63, 3.8) is 0 Å². The maximum absolute atomic E-state index is 11.4. The minimum absolute atomic E-state index is 0.00400. The Bertz CT molecular complexity index is 531. The number of carboxylic acid groups (broad SMARTS) is 1. The molecule has 0 aromatic carbocycles. The Hall–Kier alpha value is -1.04. The van der Waals surface area contributed by atoms with Crippen LogP contribution in [0, 0.1) is 6.92 Å². The Kier molecular flexibility index (Phi) is 4.19. The minimum atomic E-state index is -1.65. The van der Waals surface area contributed by atoms with Gasteiger partial charge in [0.15, 0.2) is 5.69 Å². The summed E-state index contributed by atoms with van der Waals surface area (Å²) in [5.41, 5.74) is -0.873. The van der Waals surface area contributed by atoms with Gasteiger partial charge in [-0.1, -0.05) is 34.8 Å². The molecule has 0 aliphatic heterocycles. The van der Waals surface area contributed by atoms with E-state index < -0.39 is 15.3 Å². The van der Waals surface area contributed by atoms with E-state index >= 15 is 0 Å². The van der Waals surface area contributed by atoms with E-state index in [-0.39, 0.29) is 17.1 Å². The second kappa shape index (κ2) is 5.08. The molecule has 0 spiro atoms. The van der Waals surface area contributed by atoms with Gasteiger partial charge in [-0.15, -0.1) is 0 Å². The minimum Gasteiger partial charge on any atom is -0.476 e. The first kappa shape index (κ1) is 14.0. The van der Waals surface area contributed by atoms with E-state index in [4.69, 9.17) is 39.9 Å². The van der Waals surface area contributed by atoms with Gasteiger partial charge in [0.05, 0.1) is 0 Å². The van der Waals surface area contributed by atoms with Crippen molar-refractivity contribution in [2.24, 2.45) is 0 Å². The molecule has 0 radical (unpaired) electrons. The summed E-state index contributed by atoms with van der Waals surface area (Å²) in [6, 6.07) is 0. The van der Waals surface area contributed by atoms with Crippen molar-refractivity contribution < 1.29 is 9.90 Å². The molecule has 5 nitrogen and oxygen atoms in total. The van der Waals surface area contributed by atoms with E-state index in [1.165, 1.54) is 13.0 Å². The Balaban J connectivity index is 3.25. The molecule has 0 unspecified atom stereocenters. The monoisotopic (exact) mass is 296 g/mol. The fourth-order valence-electron chi connectivity index (χ4n) is 1.01. The third-order valence-electron chi connectivity index (χ3n) is 1.80. The van der Waals surface area contributed by atoms with E-state index in [9.17, 15) is 9.59 Å². The van der Waals surface area contributed by atoms with Gasteiger partial charge >= 0.3 is 5.97 Å². The quantitative estimate of drug-likeness (QED) is 0.819. The fraction of sp³-hybridized carbons (Fsp3) is 0.222. The van der Waals surface area contributed by atoms with Gasteiger partial charge in [-0.05, 0) is 19.1 Å². The van der Waals surface area contributed by atoms with Gasteiger partial charge in [0.2, 0.25) is 3.79 Å². The lowest BCUT2D eigenvalue weighted by molar-refractivity contribution is 0.0689. The Labute approximate surface area is 111 Å². The summed E-state index contributed by atoms with van der Waals surface area (Å²) in [6.45, 7) is 1.36. The van der Waals surface area contributed by atoms with E-state index in [2.05, 4.69) is 9.97 Å². The summed E-state index contributed by atoms with van der Waals surface area (Å²) in [5.74, 6) is -1.29. The summed E-state index contributed by atoms with van der Waals surface area (Å²) in [7, 11) is 0. The Morgan fingerprint density at radius 3 is 2.53 bits per heavy atom. The largest absolute Gasteiger partial charge is 0.476 e. The fourth-order valence-corrected chi connectivity index (χ4v) is 1.20. The van der Waals surface area contributed by atoms with Crippen LogP contribution in [0.4, 0.5) is 0 Å². The number of aromatic carboxylic acids is 1. The maximum Gasteiger partial charge on any atom is 0.355 e. The highest BCUT2D eigenvalue weighted by atomic mass is 35.6. The first-order chi connectivity index (χ1) is 7.70. The molecule has 0 saturated heterocycles. The number of carboxylic acids is 1. The zero-order valence-electron chi connectivity index (χ0n) is 8.50.